The number of aromatic nitrogens is 1. The van der Waals surface area contributed by atoms with Gasteiger partial charge in [-0.25, -0.2) is 0 Å². The van der Waals surface area contributed by atoms with Crippen LogP contribution in [0.15, 0.2) is 42.7 Å². The van der Waals surface area contributed by atoms with Crippen molar-refractivity contribution in [2.45, 2.75) is 46.5 Å². The lowest BCUT2D eigenvalue weighted by Crippen LogP contribution is -2.32. The summed E-state index contributed by atoms with van der Waals surface area (Å²) in [5, 5.41) is 11.3. The number of hydrogen-bond acceptors (Lipinski definition) is 3. The monoisotopic (exact) mass is 342 g/mol. The Morgan fingerprint density at radius 1 is 1.04 bits per heavy atom. The van der Waals surface area contributed by atoms with Crippen LogP contribution in [0.25, 0.3) is 5.69 Å². The molecule has 0 aliphatic rings. The zero-order valence-corrected chi connectivity index (χ0v) is 15.4. The SMILES string of the molecule is CCCCN(CCCC)c1cc[n+](-c2ccc(C)cc2[N+](=O)[O-])cc1. The van der Waals surface area contributed by atoms with Crippen LogP contribution in [0.3, 0.4) is 0 Å². The number of benzene rings is 1. The van der Waals surface area contributed by atoms with Gasteiger partial charge < -0.3 is 4.90 Å². The zero-order chi connectivity index (χ0) is 18.2. The van der Waals surface area contributed by atoms with Gasteiger partial charge in [-0.3, -0.25) is 10.1 Å². The maximum atomic E-state index is 11.3. The van der Waals surface area contributed by atoms with Gasteiger partial charge in [-0.05, 0) is 25.3 Å². The Kier molecular flexibility index (Phi) is 6.92. The summed E-state index contributed by atoms with van der Waals surface area (Å²) in [5.41, 5.74) is 2.79. The van der Waals surface area contributed by atoms with Crippen molar-refractivity contribution in [1.29, 1.82) is 0 Å². The van der Waals surface area contributed by atoms with Crippen molar-refractivity contribution in [2.24, 2.45) is 0 Å². The Bertz CT molecular complexity index is 691. The van der Waals surface area contributed by atoms with E-state index in [1.165, 1.54) is 31.4 Å². The largest absolute Gasteiger partial charge is 0.371 e. The van der Waals surface area contributed by atoms with Crippen molar-refractivity contribution in [3.8, 4) is 5.69 Å². The Labute approximate surface area is 150 Å². The first kappa shape index (κ1) is 18.9. The molecule has 1 aromatic heterocycles. The molecule has 5 nitrogen and oxygen atoms in total. The highest BCUT2D eigenvalue weighted by Gasteiger charge is 2.22. The summed E-state index contributed by atoms with van der Waals surface area (Å²) in [6.07, 6.45) is 8.51. The highest BCUT2D eigenvalue weighted by Crippen LogP contribution is 2.21. The van der Waals surface area contributed by atoms with Crippen LogP contribution in [-0.4, -0.2) is 18.0 Å². The molecule has 5 heteroatoms. The quantitative estimate of drug-likeness (QED) is 0.380. The van der Waals surface area contributed by atoms with Crippen molar-refractivity contribution in [1.82, 2.24) is 0 Å². The minimum absolute atomic E-state index is 0.131. The summed E-state index contributed by atoms with van der Waals surface area (Å²) in [5.74, 6) is 0. The average Bonchev–Trinajstić information content (AvgIpc) is 2.62. The first-order valence-electron chi connectivity index (χ1n) is 9.08. The topological polar surface area (TPSA) is 50.3 Å². The molecule has 0 saturated heterocycles. The van der Waals surface area contributed by atoms with Crippen LogP contribution in [0.2, 0.25) is 0 Å². The number of rotatable bonds is 9. The van der Waals surface area contributed by atoms with Crippen LogP contribution in [0.5, 0.6) is 0 Å². The third-order valence-electron chi connectivity index (χ3n) is 4.35. The summed E-state index contributed by atoms with van der Waals surface area (Å²) in [7, 11) is 0. The van der Waals surface area contributed by atoms with E-state index in [0.29, 0.717) is 5.69 Å². The third kappa shape index (κ3) is 5.02. The van der Waals surface area contributed by atoms with Crippen LogP contribution in [0, 0.1) is 17.0 Å². The molecule has 0 spiro atoms. The molecule has 134 valence electrons. The van der Waals surface area contributed by atoms with Crippen molar-refractivity contribution >= 4 is 11.4 Å². The number of aryl methyl sites for hydroxylation is 1. The minimum Gasteiger partial charge on any atom is -0.371 e. The van der Waals surface area contributed by atoms with Crippen molar-refractivity contribution in [3.05, 3.63) is 58.4 Å². The van der Waals surface area contributed by atoms with E-state index in [2.05, 4.69) is 30.9 Å². The second kappa shape index (κ2) is 9.16. The second-order valence-electron chi connectivity index (χ2n) is 6.41. The molecule has 1 aromatic carbocycles. The van der Waals surface area contributed by atoms with Gasteiger partial charge in [-0.2, -0.15) is 4.57 Å². The standard InChI is InChI=1S/C20H28N3O2/c1-4-6-12-21(13-7-5-2)18-10-14-22(15-11-18)19-9-8-17(3)16-20(19)23(24)25/h8-11,14-16H,4-7,12-13H2,1-3H3/q+1. The van der Waals surface area contributed by atoms with Gasteiger partial charge in [0.25, 0.3) is 5.69 Å². The molecular formula is C20H28N3O2+. The maximum Gasteiger partial charge on any atom is 0.340 e. The smallest absolute Gasteiger partial charge is 0.340 e. The lowest BCUT2D eigenvalue weighted by atomic mass is 10.2. The van der Waals surface area contributed by atoms with E-state index in [1.54, 1.807) is 12.1 Å². The Morgan fingerprint density at radius 2 is 1.64 bits per heavy atom. The minimum atomic E-state index is -0.321. The number of nitrogens with zero attached hydrogens (tertiary/aromatic N) is 3. The second-order valence-corrected chi connectivity index (χ2v) is 6.41. The maximum absolute atomic E-state index is 11.3. The van der Waals surface area contributed by atoms with Gasteiger partial charge in [0.15, 0.2) is 12.4 Å². The number of unbranched alkanes of at least 4 members (excludes halogenated alkanes) is 2. The fourth-order valence-corrected chi connectivity index (χ4v) is 2.86. The number of anilines is 1. The van der Waals surface area contributed by atoms with Crippen molar-refractivity contribution < 1.29 is 9.49 Å². The number of nitro groups is 1. The normalized spacial score (nSPS) is 10.7. The van der Waals surface area contributed by atoms with E-state index in [-0.39, 0.29) is 10.6 Å². The lowest BCUT2D eigenvalue weighted by molar-refractivity contribution is -0.600. The van der Waals surface area contributed by atoms with E-state index < -0.39 is 0 Å². The van der Waals surface area contributed by atoms with Crippen LogP contribution in [0.4, 0.5) is 11.4 Å². The predicted octanol–water partition coefficient (Wildman–Crippen LogP) is 4.59. The fourth-order valence-electron chi connectivity index (χ4n) is 2.86. The molecule has 0 bridgehead atoms. The number of pyridine rings is 1. The first-order chi connectivity index (χ1) is 12.1. The molecule has 0 aliphatic heterocycles. The molecule has 0 unspecified atom stereocenters. The molecule has 0 radical (unpaired) electrons. The predicted molar refractivity (Wildman–Crippen MR) is 101 cm³/mol. The summed E-state index contributed by atoms with van der Waals surface area (Å²) < 4.78 is 1.82. The fraction of sp³-hybridized carbons (Fsp3) is 0.450. The van der Waals surface area contributed by atoms with Gasteiger partial charge in [0, 0.05) is 43.0 Å². The zero-order valence-electron chi connectivity index (χ0n) is 15.4. The van der Waals surface area contributed by atoms with E-state index in [0.717, 1.165) is 18.7 Å². The number of hydrogen-bond donors (Lipinski definition) is 0. The van der Waals surface area contributed by atoms with E-state index in [1.807, 2.05) is 30.0 Å². The van der Waals surface area contributed by atoms with Gasteiger partial charge in [-0.1, -0.05) is 32.8 Å². The molecule has 2 rings (SSSR count). The molecule has 0 atom stereocenters. The molecule has 0 fully saturated rings. The van der Waals surface area contributed by atoms with Gasteiger partial charge >= 0.3 is 5.69 Å². The Balaban J connectivity index is 2.28. The molecule has 0 aliphatic carbocycles. The van der Waals surface area contributed by atoms with E-state index >= 15 is 0 Å². The molecule has 0 N–H and O–H groups in total. The molecule has 2 aromatic rings. The van der Waals surface area contributed by atoms with Crippen LogP contribution in [-0.2, 0) is 0 Å². The van der Waals surface area contributed by atoms with Crippen molar-refractivity contribution in [2.75, 3.05) is 18.0 Å². The third-order valence-corrected chi connectivity index (χ3v) is 4.35. The van der Waals surface area contributed by atoms with E-state index in [9.17, 15) is 10.1 Å². The lowest BCUT2D eigenvalue weighted by Gasteiger charge is -2.24. The highest BCUT2D eigenvalue weighted by molar-refractivity contribution is 5.49. The van der Waals surface area contributed by atoms with Crippen LogP contribution >= 0.6 is 0 Å². The Morgan fingerprint density at radius 3 is 2.16 bits per heavy atom. The van der Waals surface area contributed by atoms with Gasteiger partial charge in [0.05, 0.1) is 4.92 Å². The van der Waals surface area contributed by atoms with Gasteiger partial charge in [0.2, 0.25) is 0 Å². The molecule has 25 heavy (non-hydrogen) atoms. The average molecular weight is 342 g/mol. The summed E-state index contributed by atoms with van der Waals surface area (Å²) in [6.45, 7) is 8.36. The Hall–Kier alpha value is -2.43. The van der Waals surface area contributed by atoms with Crippen molar-refractivity contribution in [3.63, 3.8) is 0 Å². The van der Waals surface area contributed by atoms with Gasteiger partial charge in [0.1, 0.15) is 0 Å². The van der Waals surface area contributed by atoms with Crippen LogP contribution in [0.1, 0.15) is 45.1 Å². The van der Waals surface area contributed by atoms with E-state index in [4.69, 9.17) is 0 Å². The summed E-state index contributed by atoms with van der Waals surface area (Å²) in [6, 6.07) is 9.42. The molecule has 1 heterocycles. The highest BCUT2D eigenvalue weighted by atomic mass is 16.6. The summed E-state index contributed by atoms with van der Waals surface area (Å²) >= 11 is 0. The van der Waals surface area contributed by atoms with Crippen LogP contribution < -0.4 is 9.47 Å². The molecular weight excluding hydrogens is 314 g/mol. The molecule has 0 saturated carbocycles. The molecule has 0 amide bonds. The summed E-state index contributed by atoms with van der Waals surface area (Å²) in [4.78, 5) is 13.4. The van der Waals surface area contributed by atoms with Gasteiger partial charge in [-0.15, -0.1) is 0 Å². The number of nitro benzene ring substituents is 1. The first-order valence-corrected chi connectivity index (χ1v) is 9.08.